The van der Waals surface area contributed by atoms with Gasteiger partial charge in [-0.2, -0.15) is 0 Å². The molecule has 10 heteroatoms. The number of nitro groups is 1. The zero-order valence-electron chi connectivity index (χ0n) is 14.5. The Morgan fingerprint density at radius 1 is 1.11 bits per heavy atom. The van der Waals surface area contributed by atoms with Crippen molar-refractivity contribution in [3.05, 3.63) is 48.0 Å². The minimum atomic E-state index is -0.856. The molecule has 1 unspecified atom stereocenters. The fraction of sp³-hybridized carbons (Fsp3) is 0.471. The maximum absolute atomic E-state index is 12.5. The largest absolute Gasteiger partial charge is 0.352 e. The molecule has 0 spiro atoms. The van der Waals surface area contributed by atoms with Crippen LogP contribution in [0.25, 0.3) is 11.0 Å². The number of benzene rings is 1. The Balaban J connectivity index is 1.68. The number of aromatic nitrogens is 2. The highest BCUT2D eigenvalue weighted by molar-refractivity contribution is 5.84. The Morgan fingerprint density at radius 2 is 1.78 bits per heavy atom. The molecule has 4 N–H and O–H groups in total. The van der Waals surface area contributed by atoms with Gasteiger partial charge in [-0.15, -0.1) is 0 Å². The second-order valence-corrected chi connectivity index (χ2v) is 7.08. The van der Waals surface area contributed by atoms with E-state index in [0.717, 1.165) is 25.9 Å². The number of fused-ring (bicyclic) bond motifs is 3. The topological polar surface area (TPSA) is 150 Å². The lowest BCUT2D eigenvalue weighted by molar-refractivity contribution is -0.385. The van der Waals surface area contributed by atoms with Crippen molar-refractivity contribution in [1.29, 1.82) is 0 Å². The summed E-state index contributed by atoms with van der Waals surface area (Å²) in [6.45, 7) is 1.60. The number of H-pyrrole nitrogens is 2. The van der Waals surface area contributed by atoms with Gasteiger partial charge in [0.15, 0.2) is 0 Å². The fourth-order valence-electron chi connectivity index (χ4n) is 4.04. The van der Waals surface area contributed by atoms with Crippen molar-refractivity contribution >= 4 is 22.6 Å². The van der Waals surface area contributed by atoms with E-state index in [1.54, 1.807) is 0 Å². The molecule has 0 radical (unpaired) electrons. The molecule has 1 saturated heterocycles. The first kappa shape index (κ1) is 17.4. The van der Waals surface area contributed by atoms with E-state index in [-0.39, 0.29) is 29.1 Å². The van der Waals surface area contributed by atoms with E-state index >= 15 is 0 Å². The summed E-state index contributed by atoms with van der Waals surface area (Å²) in [4.78, 5) is 51.7. The van der Waals surface area contributed by atoms with E-state index < -0.39 is 16.0 Å². The van der Waals surface area contributed by atoms with Crippen LogP contribution in [0.3, 0.4) is 0 Å². The molecule has 1 aliphatic carbocycles. The molecule has 10 nitrogen and oxygen atoms in total. The normalized spacial score (nSPS) is 19.8. The number of nitro benzene ring substituents is 1. The van der Waals surface area contributed by atoms with Gasteiger partial charge in [0.25, 0.3) is 5.69 Å². The predicted molar refractivity (Wildman–Crippen MR) is 96.8 cm³/mol. The quantitative estimate of drug-likeness (QED) is 0.330. The average molecular weight is 373 g/mol. The molecule has 2 aromatic rings. The Morgan fingerprint density at radius 3 is 2.48 bits per heavy atom. The standard InChI is InChI=1S/C17H19N5O5/c23-15(8-1-3-18-4-2-8)19-9-5-10-11(6-9)14-12(7-13(10)22(26)27)20-16(24)17(25)21-14/h7-9,18H,1-6H2,(H,19,23)(H,20,24)(H,21,25). The lowest BCUT2D eigenvalue weighted by Gasteiger charge is -2.23. The molecule has 0 bridgehead atoms. The van der Waals surface area contributed by atoms with E-state index in [9.17, 15) is 24.5 Å². The molecule has 1 aliphatic heterocycles. The van der Waals surface area contributed by atoms with Gasteiger partial charge >= 0.3 is 11.1 Å². The third-order valence-corrected chi connectivity index (χ3v) is 5.37. The molecule has 2 heterocycles. The Kier molecular flexibility index (Phi) is 4.27. The summed E-state index contributed by atoms with van der Waals surface area (Å²) in [6.07, 6.45) is 2.22. The molecule has 4 rings (SSSR count). The highest BCUT2D eigenvalue weighted by Gasteiger charge is 2.33. The molecule has 1 aromatic carbocycles. The number of rotatable bonds is 3. The number of hydrogen-bond acceptors (Lipinski definition) is 6. The molecule has 27 heavy (non-hydrogen) atoms. The van der Waals surface area contributed by atoms with Crippen molar-refractivity contribution in [2.75, 3.05) is 13.1 Å². The number of nitrogens with zero attached hydrogens (tertiary/aromatic N) is 1. The zero-order valence-corrected chi connectivity index (χ0v) is 14.5. The minimum absolute atomic E-state index is 0.0387. The summed E-state index contributed by atoms with van der Waals surface area (Å²) in [5, 5.41) is 17.7. The number of hydrogen-bond donors (Lipinski definition) is 4. The second-order valence-electron chi connectivity index (χ2n) is 7.08. The van der Waals surface area contributed by atoms with Crippen LogP contribution >= 0.6 is 0 Å². The molecular weight excluding hydrogens is 354 g/mol. The maximum atomic E-state index is 12.5. The summed E-state index contributed by atoms with van der Waals surface area (Å²) in [5.74, 6) is -0.0963. The number of piperidine rings is 1. The van der Waals surface area contributed by atoms with Gasteiger partial charge in [-0.3, -0.25) is 24.5 Å². The lowest BCUT2D eigenvalue weighted by Crippen LogP contribution is -2.43. The molecule has 0 saturated carbocycles. The average Bonchev–Trinajstić information content (AvgIpc) is 3.06. The molecular formula is C17H19N5O5. The third kappa shape index (κ3) is 3.12. The van der Waals surface area contributed by atoms with Crippen LogP contribution in [0.5, 0.6) is 0 Å². The SMILES string of the molecule is O=C(NC1Cc2c([N+](=O)[O-])cc3[nH]c(=O)c(=O)[nH]c3c2C1)C1CCNCC1. The van der Waals surface area contributed by atoms with Crippen molar-refractivity contribution in [1.82, 2.24) is 20.6 Å². The summed E-state index contributed by atoms with van der Waals surface area (Å²) in [5.41, 5.74) is -0.0757. The summed E-state index contributed by atoms with van der Waals surface area (Å²) >= 11 is 0. The van der Waals surface area contributed by atoms with Gasteiger partial charge in [0.1, 0.15) is 0 Å². The number of carbonyl (C=O) groups is 1. The smallest absolute Gasteiger partial charge is 0.314 e. The van der Waals surface area contributed by atoms with Crippen LogP contribution in [0.1, 0.15) is 24.0 Å². The fourth-order valence-corrected chi connectivity index (χ4v) is 4.04. The van der Waals surface area contributed by atoms with Crippen LogP contribution in [0.4, 0.5) is 5.69 Å². The summed E-state index contributed by atoms with van der Waals surface area (Å²) in [6, 6.07) is 0.991. The van der Waals surface area contributed by atoms with Crippen LogP contribution in [0.15, 0.2) is 15.7 Å². The highest BCUT2D eigenvalue weighted by atomic mass is 16.6. The maximum Gasteiger partial charge on any atom is 0.314 e. The van der Waals surface area contributed by atoms with E-state index in [4.69, 9.17) is 0 Å². The molecule has 142 valence electrons. The van der Waals surface area contributed by atoms with Crippen LogP contribution in [0.2, 0.25) is 0 Å². The molecule has 1 atom stereocenters. The van der Waals surface area contributed by atoms with E-state index in [0.29, 0.717) is 29.5 Å². The highest BCUT2D eigenvalue weighted by Crippen LogP contribution is 2.35. The monoisotopic (exact) mass is 373 g/mol. The van der Waals surface area contributed by atoms with Crippen LogP contribution in [-0.4, -0.2) is 39.9 Å². The molecule has 1 fully saturated rings. The van der Waals surface area contributed by atoms with Crippen LogP contribution in [-0.2, 0) is 17.6 Å². The van der Waals surface area contributed by atoms with Crippen molar-refractivity contribution < 1.29 is 9.72 Å². The summed E-state index contributed by atoms with van der Waals surface area (Å²) in [7, 11) is 0. The Labute approximate surface area is 152 Å². The van der Waals surface area contributed by atoms with E-state index in [1.165, 1.54) is 6.07 Å². The van der Waals surface area contributed by atoms with Gasteiger partial charge in [-0.1, -0.05) is 0 Å². The Hall–Kier alpha value is -3.01. The molecule has 1 amide bonds. The van der Waals surface area contributed by atoms with Gasteiger partial charge in [0, 0.05) is 30.0 Å². The number of carbonyl (C=O) groups excluding carboxylic acids is 1. The van der Waals surface area contributed by atoms with Crippen molar-refractivity contribution in [3.63, 3.8) is 0 Å². The number of amides is 1. The number of aromatic amines is 2. The Bertz CT molecular complexity index is 1050. The van der Waals surface area contributed by atoms with Gasteiger partial charge in [-0.05, 0) is 37.9 Å². The van der Waals surface area contributed by atoms with E-state index in [1.807, 2.05) is 0 Å². The van der Waals surface area contributed by atoms with Gasteiger partial charge in [0.2, 0.25) is 5.91 Å². The predicted octanol–water partition coefficient (Wildman–Crippen LogP) is -0.292. The van der Waals surface area contributed by atoms with Crippen molar-refractivity contribution in [3.8, 4) is 0 Å². The van der Waals surface area contributed by atoms with E-state index in [2.05, 4.69) is 20.6 Å². The third-order valence-electron chi connectivity index (χ3n) is 5.37. The number of nitrogens with one attached hydrogen (secondary N) is 4. The second kappa shape index (κ2) is 6.62. The first-order valence-corrected chi connectivity index (χ1v) is 8.90. The van der Waals surface area contributed by atoms with Crippen molar-refractivity contribution in [2.45, 2.75) is 31.7 Å². The molecule has 2 aliphatic rings. The minimum Gasteiger partial charge on any atom is -0.352 e. The summed E-state index contributed by atoms with van der Waals surface area (Å²) < 4.78 is 0. The zero-order chi connectivity index (χ0) is 19.1. The van der Waals surface area contributed by atoms with Gasteiger partial charge in [0.05, 0.1) is 16.0 Å². The first-order chi connectivity index (χ1) is 12.9. The lowest BCUT2D eigenvalue weighted by atomic mass is 9.97. The van der Waals surface area contributed by atoms with Crippen LogP contribution in [0, 0.1) is 16.0 Å². The van der Waals surface area contributed by atoms with Gasteiger partial charge < -0.3 is 20.6 Å². The van der Waals surface area contributed by atoms with Crippen LogP contribution < -0.4 is 21.8 Å². The van der Waals surface area contributed by atoms with Crippen molar-refractivity contribution in [2.24, 2.45) is 5.92 Å². The van der Waals surface area contributed by atoms with Gasteiger partial charge in [-0.25, -0.2) is 0 Å². The first-order valence-electron chi connectivity index (χ1n) is 8.90. The molecule has 1 aromatic heterocycles.